The van der Waals surface area contributed by atoms with Crippen LogP contribution in [0.4, 0.5) is 0 Å². The Kier molecular flexibility index (Phi) is 4.60. The molecule has 1 aromatic rings. The molecule has 2 amide bonds. The van der Waals surface area contributed by atoms with Gasteiger partial charge in [-0.2, -0.15) is 0 Å². The molecule has 0 radical (unpaired) electrons. The van der Waals surface area contributed by atoms with Crippen LogP contribution in [-0.2, 0) is 9.31 Å². The van der Waals surface area contributed by atoms with E-state index in [1.807, 2.05) is 39.7 Å². The van der Waals surface area contributed by atoms with E-state index < -0.39 is 0 Å². The van der Waals surface area contributed by atoms with Gasteiger partial charge in [0.05, 0.1) is 22.3 Å². The highest BCUT2D eigenvalue weighted by atomic mass is 16.7. The van der Waals surface area contributed by atoms with Gasteiger partial charge in [-0.3, -0.25) is 14.5 Å². The zero-order valence-corrected chi connectivity index (χ0v) is 15.2. The van der Waals surface area contributed by atoms with Crippen molar-refractivity contribution in [3.05, 3.63) is 47.4 Å². The van der Waals surface area contributed by atoms with Gasteiger partial charge in [0.15, 0.2) is 0 Å². The Hall–Kier alpha value is -1.92. The summed E-state index contributed by atoms with van der Waals surface area (Å²) in [7, 11) is -0.357. The van der Waals surface area contributed by atoms with Crippen molar-refractivity contribution < 1.29 is 18.9 Å². The SMILES string of the molecule is CC1(C)OB(C=CCCCN2C(=O)c3ccccc3C2=O)OC1(C)C. The Labute approximate surface area is 149 Å². The first kappa shape index (κ1) is 17.9. The highest BCUT2D eigenvalue weighted by molar-refractivity contribution is 6.51. The van der Waals surface area contributed by atoms with Crippen molar-refractivity contribution in [2.75, 3.05) is 6.54 Å². The molecule has 2 aliphatic rings. The molecule has 3 rings (SSSR count). The molecular formula is C19H24BNO4. The van der Waals surface area contributed by atoms with Crippen LogP contribution in [0.2, 0.25) is 0 Å². The lowest BCUT2D eigenvalue weighted by Gasteiger charge is -2.32. The van der Waals surface area contributed by atoms with Gasteiger partial charge >= 0.3 is 7.12 Å². The number of carbonyl (C=O) groups is 2. The highest BCUT2D eigenvalue weighted by Gasteiger charge is 2.49. The number of rotatable bonds is 5. The normalized spacial score (nSPS) is 21.4. The summed E-state index contributed by atoms with van der Waals surface area (Å²) in [5.41, 5.74) is 0.310. The van der Waals surface area contributed by atoms with Crippen molar-refractivity contribution in [1.29, 1.82) is 0 Å². The van der Waals surface area contributed by atoms with E-state index in [0.717, 1.165) is 6.42 Å². The van der Waals surface area contributed by atoms with Crippen LogP contribution < -0.4 is 0 Å². The lowest BCUT2D eigenvalue weighted by atomic mass is 9.89. The summed E-state index contributed by atoms with van der Waals surface area (Å²) in [6.07, 6.45) is 3.44. The first-order valence-corrected chi connectivity index (χ1v) is 8.70. The van der Waals surface area contributed by atoms with Crippen molar-refractivity contribution in [2.45, 2.75) is 51.7 Å². The molecule has 2 heterocycles. The van der Waals surface area contributed by atoms with Gasteiger partial charge in [-0.15, -0.1) is 0 Å². The molecule has 0 bridgehead atoms. The fourth-order valence-electron chi connectivity index (χ4n) is 2.98. The molecule has 0 saturated carbocycles. The number of amides is 2. The van der Waals surface area contributed by atoms with Crippen LogP contribution in [-0.4, -0.2) is 41.6 Å². The predicted molar refractivity (Wildman–Crippen MR) is 96.3 cm³/mol. The first-order valence-electron chi connectivity index (χ1n) is 8.70. The largest absolute Gasteiger partial charge is 0.486 e. The molecule has 5 nitrogen and oxygen atoms in total. The quantitative estimate of drug-likeness (QED) is 0.469. The third-order valence-corrected chi connectivity index (χ3v) is 5.20. The van der Waals surface area contributed by atoms with E-state index in [0.29, 0.717) is 24.1 Å². The van der Waals surface area contributed by atoms with Crippen molar-refractivity contribution >= 4 is 18.9 Å². The van der Waals surface area contributed by atoms with Crippen LogP contribution in [0.15, 0.2) is 36.3 Å². The summed E-state index contributed by atoms with van der Waals surface area (Å²) < 4.78 is 11.8. The fourth-order valence-corrected chi connectivity index (χ4v) is 2.98. The molecule has 0 aliphatic carbocycles. The summed E-state index contributed by atoms with van der Waals surface area (Å²) in [5, 5.41) is 0. The molecule has 25 heavy (non-hydrogen) atoms. The molecule has 6 heteroatoms. The average Bonchev–Trinajstić information content (AvgIpc) is 2.91. The maximum atomic E-state index is 12.3. The molecule has 0 N–H and O–H groups in total. The summed E-state index contributed by atoms with van der Waals surface area (Å²) in [6, 6.07) is 6.96. The predicted octanol–water partition coefficient (Wildman–Crippen LogP) is 3.25. The number of benzene rings is 1. The zero-order valence-electron chi connectivity index (χ0n) is 15.2. The lowest BCUT2D eigenvalue weighted by molar-refractivity contribution is 0.00578. The molecule has 0 unspecified atom stereocenters. The minimum Gasteiger partial charge on any atom is -0.400 e. The highest BCUT2D eigenvalue weighted by Crippen LogP contribution is 2.36. The Morgan fingerprint density at radius 3 is 2.04 bits per heavy atom. The fraction of sp³-hybridized carbons (Fsp3) is 0.474. The number of allylic oxidation sites excluding steroid dienone is 1. The number of carbonyl (C=O) groups excluding carboxylic acids is 2. The van der Waals surface area contributed by atoms with Crippen molar-refractivity contribution in [3.63, 3.8) is 0 Å². The molecule has 132 valence electrons. The van der Waals surface area contributed by atoms with Gasteiger partial charge < -0.3 is 9.31 Å². The van der Waals surface area contributed by atoms with Crippen LogP contribution in [0, 0.1) is 0 Å². The van der Waals surface area contributed by atoms with E-state index in [1.54, 1.807) is 24.3 Å². The smallest absolute Gasteiger partial charge is 0.400 e. The van der Waals surface area contributed by atoms with Crippen LogP contribution >= 0.6 is 0 Å². The van der Waals surface area contributed by atoms with Crippen LogP contribution in [0.3, 0.4) is 0 Å². The number of imide groups is 1. The van der Waals surface area contributed by atoms with Gasteiger partial charge in [0.2, 0.25) is 0 Å². The minimum atomic E-state index is -0.357. The number of unbranched alkanes of at least 4 members (excludes halogenated alkanes) is 1. The van der Waals surface area contributed by atoms with Gasteiger partial charge in [-0.05, 0) is 52.7 Å². The molecular weight excluding hydrogens is 317 g/mol. The second-order valence-corrected chi connectivity index (χ2v) is 7.50. The van der Waals surface area contributed by atoms with Gasteiger partial charge in [-0.25, -0.2) is 0 Å². The van der Waals surface area contributed by atoms with Crippen molar-refractivity contribution in [1.82, 2.24) is 4.90 Å². The number of hydrogen-bond donors (Lipinski definition) is 0. The van der Waals surface area contributed by atoms with E-state index in [-0.39, 0.29) is 30.1 Å². The van der Waals surface area contributed by atoms with E-state index >= 15 is 0 Å². The molecule has 1 saturated heterocycles. The Morgan fingerprint density at radius 2 is 1.52 bits per heavy atom. The number of fused-ring (bicyclic) bond motifs is 1. The summed E-state index contributed by atoms with van der Waals surface area (Å²) in [5.74, 6) is 1.50. The number of nitrogens with zero attached hydrogens (tertiary/aromatic N) is 1. The molecule has 2 aliphatic heterocycles. The Balaban J connectivity index is 1.49. The van der Waals surface area contributed by atoms with E-state index in [9.17, 15) is 9.59 Å². The topological polar surface area (TPSA) is 55.8 Å². The van der Waals surface area contributed by atoms with E-state index in [4.69, 9.17) is 9.31 Å². The summed E-state index contributed by atoms with van der Waals surface area (Å²) in [6.45, 7) is 8.48. The zero-order chi connectivity index (χ0) is 18.2. The minimum absolute atomic E-state index is 0.199. The van der Waals surface area contributed by atoms with Gasteiger partial charge in [0.1, 0.15) is 0 Å². The Bertz CT molecular complexity index is 675. The molecule has 0 aromatic heterocycles. The second-order valence-electron chi connectivity index (χ2n) is 7.50. The lowest BCUT2D eigenvalue weighted by Crippen LogP contribution is -2.41. The van der Waals surface area contributed by atoms with Crippen LogP contribution in [0.5, 0.6) is 0 Å². The van der Waals surface area contributed by atoms with E-state index in [1.165, 1.54) is 4.90 Å². The maximum absolute atomic E-state index is 12.3. The third kappa shape index (κ3) is 3.28. The van der Waals surface area contributed by atoms with Crippen LogP contribution in [0.1, 0.15) is 61.3 Å². The standard InChI is InChI=1S/C19H24BNO4/c1-18(2)19(3,4)25-20(24-18)12-8-5-9-13-21-16(22)14-10-6-7-11-15(14)17(21)23/h6-8,10-12H,5,9,13H2,1-4H3. The third-order valence-electron chi connectivity index (χ3n) is 5.20. The maximum Gasteiger partial charge on any atom is 0.486 e. The average molecular weight is 341 g/mol. The van der Waals surface area contributed by atoms with Gasteiger partial charge in [-0.1, -0.05) is 24.2 Å². The second kappa shape index (κ2) is 6.43. The van der Waals surface area contributed by atoms with Crippen molar-refractivity contribution in [3.8, 4) is 0 Å². The van der Waals surface area contributed by atoms with E-state index in [2.05, 4.69) is 0 Å². The molecule has 1 fully saturated rings. The molecule has 0 spiro atoms. The van der Waals surface area contributed by atoms with Gasteiger partial charge in [0.25, 0.3) is 11.8 Å². The molecule has 1 aromatic carbocycles. The van der Waals surface area contributed by atoms with Crippen LogP contribution in [0.25, 0.3) is 0 Å². The molecule has 0 atom stereocenters. The summed E-state index contributed by atoms with van der Waals surface area (Å²) in [4.78, 5) is 25.9. The monoisotopic (exact) mass is 341 g/mol. The first-order chi connectivity index (χ1) is 11.7. The Morgan fingerprint density at radius 1 is 1.00 bits per heavy atom. The summed E-state index contributed by atoms with van der Waals surface area (Å²) >= 11 is 0. The van der Waals surface area contributed by atoms with Crippen molar-refractivity contribution in [2.24, 2.45) is 0 Å². The number of hydrogen-bond acceptors (Lipinski definition) is 4. The van der Waals surface area contributed by atoms with Gasteiger partial charge in [0, 0.05) is 6.54 Å².